The minimum atomic E-state index is 1.08. The van der Waals surface area contributed by atoms with Crippen LogP contribution in [-0.2, 0) is 0 Å². The highest BCUT2D eigenvalue weighted by Gasteiger charge is 2.07. The summed E-state index contributed by atoms with van der Waals surface area (Å²) in [7, 11) is 0. The third-order valence-electron chi connectivity index (χ3n) is 2.33. The molecule has 0 spiro atoms. The summed E-state index contributed by atoms with van der Waals surface area (Å²) < 4.78 is 0. The van der Waals surface area contributed by atoms with Gasteiger partial charge in [0.1, 0.15) is 0 Å². The van der Waals surface area contributed by atoms with Crippen LogP contribution in [-0.4, -0.2) is 0 Å². The first-order valence-corrected chi connectivity index (χ1v) is 5.15. The minimum absolute atomic E-state index is 1.08. The van der Waals surface area contributed by atoms with Crippen LogP contribution >= 0.6 is 0 Å². The highest BCUT2D eigenvalue weighted by atomic mass is 14.1. The number of hydrogen-bond donors (Lipinski definition) is 0. The summed E-state index contributed by atoms with van der Waals surface area (Å²) in [6.45, 7) is 14.1. The Morgan fingerprint density at radius 1 is 1.13 bits per heavy atom. The van der Waals surface area contributed by atoms with Crippen LogP contribution in [0.5, 0.6) is 0 Å². The van der Waals surface area contributed by atoms with Crippen LogP contribution in [0.1, 0.15) is 37.5 Å². The maximum Gasteiger partial charge on any atom is -0.00857 e. The van der Waals surface area contributed by atoms with E-state index in [-0.39, 0.29) is 0 Å². The van der Waals surface area contributed by atoms with Gasteiger partial charge in [-0.25, -0.2) is 0 Å². The molecule has 0 amide bonds. The van der Waals surface area contributed by atoms with Crippen LogP contribution < -0.4 is 0 Å². The van der Waals surface area contributed by atoms with Crippen LogP contribution in [0.15, 0.2) is 37.4 Å². The Bertz CT molecular complexity index is 420. The topological polar surface area (TPSA) is 0 Å². The summed E-state index contributed by atoms with van der Waals surface area (Å²) in [5, 5.41) is 0. The number of hydrogen-bond acceptors (Lipinski definition) is 0. The maximum atomic E-state index is 4.04. The molecule has 0 fully saturated rings. The van der Waals surface area contributed by atoms with Crippen molar-refractivity contribution in [2.45, 2.75) is 20.8 Å². The van der Waals surface area contributed by atoms with Crippen molar-refractivity contribution in [1.82, 2.24) is 0 Å². The van der Waals surface area contributed by atoms with E-state index in [1.807, 2.05) is 26.8 Å². The number of benzene rings is 1. The number of allylic oxidation sites excluding steroid dienone is 3. The van der Waals surface area contributed by atoms with Crippen molar-refractivity contribution < 1.29 is 0 Å². The molecule has 0 saturated heterocycles. The van der Waals surface area contributed by atoms with Gasteiger partial charge >= 0.3 is 0 Å². The van der Waals surface area contributed by atoms with E-state index in [4.69, 9.17) is 0 Å². The molecule has 0 aliphatic carbocycles. The Balaban J connectivity index is 3.48. The zero-order chi connectivity index (χ0) is 11.4. The van der Waals surface area contributed by atoms with Crippen LogP contribution in [0.25, 0.3) is 17.2 Å². The number of rotatable bonds is 3. The van der Waals surface area contributed by atoms with E-state index in [2.05, 4.69) is 37.4 Å². The standard InChI is InChI=1S/C15H18/c1-6-8-13-9-7-10-14(11(2)3)15(13)12(4)5/h6-10H,2,4H2,1,3,5H3/b8-6-. The van der Waals surface area contributed by atoms with Crippen LogP contribution in [0.4, 0.5) is 0 Å². The highest BCUT2D eigenvalue weighted by Crippen LogP contribution is 2.27. The largest absolute Gasteiger partial charge is 0.0955 e. The zero-order valence-electron chi connectivity index (χ0n) is 9.80. The first-order chi connectivity index (χ1) is 7.07. The Morgan fingerprint density at radius 3 is 2.27 bits per heavy atom. The predicted molar refractivity (Wildman–Crippen MR) is 70.6 cm³/mol. The summed E-state index contributed by atoms with van der Waals surface area (Å²) in [6.07, 6.45) is 4.15. The van der Waals surface area contributed by atoms with Gasteiger partial charge in [-0.2, -0.15) is 0 Å². The van der Waals surface area contributed by atoms with Crippen LogP contribution in [0, 0.1) is 0 Å². The van der Waals surface area contributed by atoms with Crippen molar-refractivity contribution in [3.63, 3.8) is 0 Å². The Kier molecular flexibility index (Phi) is 3.68. The second-order valence-corrected chi connectivity index (χ2v) is 3.83. The third kappa shape index (κ3) is 2.47. The van der Waals surface area contributed by atoms with Gasteiger partial charge in [0.15, 0.2) is 0 Å². The smallest absolute Gasteiger partial charge is 0.00857 e. The summed E-state index contributed by atoms with van der Waals surface area (Å²) in [5.41, 5.74) is 5.78. The normalized spacial score (nSPS) is 10.6. The van der Waals surface area contributed by atoms with Crippen molar-refractivity contribution >= 4 is 17.2 Å². The van der Waals surface area contributed by atoms with E-state index in [9.17, 15) is 0 Å². The second-order valence-electron chi connectivity index (χ2n) is 3.83. The molecule has 0 aromatic heterocycles. The Labute approximate surface area is 92.6 Å². The molecule has 0 heteroatoms. The molecule has 0 atom stereocenters. The molecule has 0 saturated carbocycles. The lowest BCUT2D eigenvalue weighted by Gasteiger charge is -2.12. The summed E-state index contributed by atoms with van der Waals surface area (Å²) in [5.74, 6) is 0. The van der Waals surface area contributed by atoms with Crippen molar-refractivity contribution in [2.75, 3.05) is 0 Å². The van der Waals surface area contributed by atoms with E-state index in [1.54, 1.807) is 0 Å². The van der Waals surface area contributed by atoms with Gasteiger partial charge in [-0.1, -0.05) is 49.1 Å². The molecule has 0 unspecified atom stereocenters. The fourth-order valence-corrected chi connectivity index (χ4v) is 1.72. The lowest BCUT2D eigenvalue weighted by Crippen LogP contribution is -1.92. The molecule has 0 nitrogen and oxygen atoms in total. The molecule has 0 radical (unpaired) electrons. The molecule has 0 heterocycles. The van der Waals surface area contributed by atoms with Crippen molar-refractivity contribution in [1.29, 1.82) is 0 Å². The van der Waals surface area contributed by atoms with E-state index in [1.165, 1.54) is 16.7 Å². The van der Waals surface area contributed by atoms with Gasteiger partial charge < -0.3 is 0 Å². The fourth-order valence-electron chi connectivity index (χ4n) is 1.72. The molecular formula is C15H18. The Hall–Kier alpha value is -1.56. The zero-order valence-corrected chi connectivity index (χ0v) is 9.80. The third-order valence-corrected chi connectivity index (χ3v) is 2.33. The fraction of sp³-hybridized carbons (Fsp3) is 0.200. The minimum Gasteiger partial charge on any atom is -0.0955 e. The molecule has 0 aliphatic heterocycles. The van der Waals surface area contributed by atoms with Crippen molar-refractivity contribution in [3.05, 3.63) is 54.1 Å². The van der Waals surface area contributed by atoms with Crippen LogP contribution in [0.2, 0.25) is 0 Å². The molecule has 0 aliphatic rings. The van der Waals surface area contributed by atoms with E-state index in [0.717, 1.165) is 11.1 Å². The molecular weight excluding hydrogens is 180 g/mol. The Morgan fingerprint density at radius 2 is 1.80 bits per heavy atom. The van der Waals surface area contributed by atoms with Gasteiger partial charge in [-0.15, -0.1) is 0 Å². The summed E-state index contributed by atoms with van der Waals surface area (Å²) in [4.78, 5) is 0. The summed E-state index contributed by atoms with van der Waals surface area (Å²) in [6, 6.07) is 6.27. The quantitative estimate of drug-likeness (QED) is 0.655. The first-order valence-electron chi connectivity index (χ1n) is 5.15. The van der Waals surface area contributed by atoms with Gasteiger partial charge in [-0.3, -0.25) is 0 Å². The van der Waals surface area contributed by atoms with Crippen molar-refractivity contribution in [3.8, 4) is 0 Å². The lowest BCUT2D eigenvalue weighted by molar-refractivity contribution is 1.47. The van der Waals surface area contributed by atoms with Crippen LogP contribution in [0.3, 0.4) is 0 Å². The molecule has 1 rings (SSSR count). The SMILES string of the molecule is C=C(C)c1cccc(/C=C\C)c1C(=C)C. The molecule has 0 N–H and O–H groups in total. The monoisotopic (exact) mass is 198 g/mol. The highest BCUT2D eigenvalue weighted by molar-refractivity contribution is 5.82. The van der Waals surface area contributed by atoms with E-state index < -0.39 is 0 Å². The van der Waals surface area contributed by atoms with Gasteiger partial charge in [0, 0.05) is 0 Å². The molecule has 1 aromatic carbocycles. The average molecular weight is 198 g/mol. The lowest BCUT2D eigenvalue weighted by atomic mass is 9.92. The second kappa shape index (κ2) is 4.79. The molecule has 1 aromatic rings. The van der Waals surface area contributed by atoms with E-state index in [0.29, 0.717) is 0 Å². The average Bonchev–Trinajstić information content (AvgIpc) is 2.17. The van der Waals surface area contributed by atoms with Gasteiger partial charge in [0.25, 0.3) is 0 Å². The molecule has 0 bridgehead atoms. The molecule has 15 heavy (non-hydrogen) atoms. The maximum absolute atomic E-state index is 4.04. The van der Waals surface area contributed by atoms with E-state index >= 15 is 0 Å². The van der Waals surface area contributed by atoms with Gasteiger partial charge in [-0.05, 0) is 43.0 Å². The molecule has 78 valence electrons. The van der Waals surface area contributed by atoms with Gasteiger partial charge in [0.2, 0.25) is 0 Å². The van der Waals surface area contributed by atoms with Gasteiger partial charge in [0.05, 0.1) is 0 Å². The first kappa shape index (κ1) is 11.5. The predicted octanol–water partition coefficient (Wildman–Crippen LogP) is 4.79. The summed E-state index contributed by atoms with van der Waals surface area (Å²) >= 11 is 0. The van der Waals surface area contributed by atoms with Crippen molar-refractivity contribution in [2.24, 2.45) is 0 Å².